The molecule has 3 N–H and O–H groups in total. The van der Waals surface area contributed by atoms with Crippen molar-refractivity contribution >= 4 is 11.9 Å². The molecule has 0 bridgehead atoms. The van der Waals surface area contributed by atoms with Crippen LogP contribution in [0.1, 0.15) is 361 Å². The zero-order chi connectivity index (χ0) is 49.3. The zero-order valence-corrected chi connectivity index (χ0v) is 46.4. The van der Waals surface area contributed by atoms with Crippen LogP contribution in [-0.2, 0) is 14.3 Å². The summed E-state index contributed by atoms with van der Waals surface area (Å²) in [5, 5.41) is 23.1. The highest BCUT2D eigenvalue weighted by molar-refractivity contribution is 5.76. The molecule has 0 saturated carbocycles. The standard InChI is InChI=1S/C62H123NO5/c1-3-5-7-9-11-13-14-15-33-36-40-44-48-52-56-62(67)68-57-53-49-45-41-37-34-31-29-27-25-23-21-19-17-16-18-20-22-24-26-28-30-32-35-39-43-47-51-55-61(66)63-59(58-64)60(65)54-50-46-42-38-12-10-8-6-4-2/h59-60,64-65H,3-58H2,1-2H3,(H,63,66). The van der Waals surface area contributed by atoms with Gasteiger partial charge in [0.25, 0.3) is 0 Å². The van der Waals surface area contributed by atoms with Crippen molar-refractivity contribution in [2.45, 2.75) is 373 Å². The van der Waals surface area contributed by atoms with Gasteiger partial charge in [-0.15, -0.1) is 0 Å². The Bertz CT molecular complexity index is 975. The van der Waals surface area contributed by atoms with Gasteiger partial charge in [-0.25, -0.2) is 0 Å². The number of hydrogen-bond acceptors (Lipinski definition) is 5. The summed E-state index contributed by atoms with van der Waals surface area (Å²) in [5.74, 6) is -0.0105. The van der Waals surface area contributed by atoms with E-state index in [0.717, 1.165) is 38.5 Å². The quantitative estimate of drug-likeness (QED) is 0.0417. The van der Waals surface area contributed by atoms with Gasteiger partial charge in [0.15, 0.2) is 0 Å². The fourth-order valence-corrected chi connectivity index (χ4v) is 10.1. The Morgan fingerprint density at radius 2 is 0.603 bits per heavy atom. The first-order chi connectivity index (χ1) is 33.5. The van der Waals surface area contributed by atoms with Crippen LogP contribution in [0.3, 0.4) is 0 Å². The number of hydrogen-bond donors (Lipinski definition) is 3. The summed E-state index contributed by atoms with van der Waals surface area (Å²) in [5.41, 5.74) is 0. The number of esters is 1. The fourth-order valence-electron chi connectivity index (χ4n) is 10.1. The van der Waals surface area contributed by atoms with E-state index in [1.807, 2.05) is 0 Å². The molecule has 0 aromatic carbocycles. The Labute approximate surface area is 426 Å². The molecule has 0 radical (unpaired) electrons. The third-order valence-corrected chi connectivity index (χ3v) is 14.9. The van der Waals surface area contributed by atoms with Gasteiger partial charge in [-0.05, 0) is 25.7 Å². The molecule has 6 heteroatoms. The predicted octanol–water partition coefficient (Wildman–Crippen LogP) is 19.5. The van der Waals surface area contributed by atoms with Gasteiger partial charge in [-0.1, -0.05) is 322 Å². The van der Waals surface area contributed by atoms with Crippen LogP contribution < -0.4 is 5.32 Å². The third kappa shape index (κ3) is 54.2. The summed E-state index contributed by atoms with van der Waals surface area (Å²) >= 11 is 0. The number of unbranched alkanes of at least 4 members (excludes halogenated alkanes) is 48. The summed E-state index contributed by atoms with van der Waals surface area (Å²) in [6, 6.07) is -0.535. The Kier molecular flexibility index (Phi) is 57.5. The van der Waals surface area contributed by atoms with Gasteiger partial charge < -0.3 is 20.3 Å². The maximum Gasteiger partial charge on any atom is 0.305 e. The number of carbonyl (C=O) groups is 2. The smallest absolute Gasteiger partial charge is 0.305 e. The number of carbonyl (C=O) groups excluding carboxylic acids is 2. The van der Waals surface area contributed by atoms with E-state index in [1.54, 1.807) is 0 Å². The van der Waals surface area contributed by atoms with Crippen molar-refractivity contribution in [3.63, 3.8) is 0 Å². The summed E-state index contributed by atoms with van der Waals surface area (Å²) < 4.78 is 5.49. The molecule has 6 nitrogen and oxygen atoms in total. The molecule has 0 aliphatic carbocycles. The third-order valence-electron chi connectivity index (χ3n) is 14.9. The highest BCUT2D eigenvalue weighted by Crippen LogP contribution is 2.19. The van der Waals surface area contributed by atoms with Gasteiger partial charge in [0.05, 0.1) is 25.4 Å². The summed E-state index contributed by atoms with van der Waals surface area (Å²) in [6.07, 6.45) is 68.5. The first-order valence-corrected chi connectivity index (χ1v) is 31.3. The Hall–Kier alpha value is -1.14. The van der Waals surface area contributed by atoms with Crippen molar-refractivity contribution in [3.05, 3.63) is 0 Å². The average Bonchev–Trinajstić information content (AvgIpc) is 3.34. The minimum absolute atomic E-state index is 0.0218. The van der Waals surface area contributed by atoms with E-state index < -0.39 is 12.1 Å². The highest BCUT2D eigenvalue weighted by Gasteiger charge is 2.20. The molecule has 0 aliphatic rings. The maximum atomic E-state index is 12.4. The van der Waals surface area contributed by atoms with E-state index in [4.69, 9.17) is 4.74 Å². The number of rotatable bonds is 59. The lowest BCUT2D eigenvalue weighted by molar-refractivity contribution is -0.143. The fraction of sp³-hybridized carbons (Fsp3) is 0.968. The number of aliphatic hydroxyl groups excluding tert-OH is 2. The molecular formula is C62H123NO5. The molecule has 2 atom stereocenters. The maximum absolute atomic E-state index is 12.4. The number of aliphatic hydroxyl groups is 2. The molecule has 0 rings (SSSR count). The zero-order valence-electron chi connectivity index (χ0n) is 46.4. The first kappa shape index (κ1) is 66.9. The Morgan fingerprint density at radius 3 is 0.897 bits per heavy atom. The Balaban J connectivity index is 3.29. The van der Waals surface area contributed by atoms with Crippen molar-refractivity contribution in [1.29, 1.82) is 0 Å². The summed E-state index contributed by atoms with van der Waals surface area (Å²) in [6.45, 7) is 4.96. The van der Waals surface area contributed by atoms with Crippen molar-refractivity contribution in [2.24, 2.45) is 0 Å². The second kappa shape index (κ2) is 58.4. The lowest BCUT2D eigenvalue weighted by Crippen LogP contribution is -2.45. The van der Waals surface area contributed by atoms with Crippen LogP contribution in [-0.4, -0.2) is 47.4 Å². The normalized spacial score (nSPS) is 12.5. The summed E-state index contributed by atoms with van der Waals surface area (Å²) in [7, 11) is 0. The van der Waals surface area contributed by atoms with Gasteiger partial charge in [-0.2, -0.15) is 0 Å². The van der Waals surface area contributed by atoms with E-state index in [1.165, 1.54) is 289 Å². The average molecular weight is 963 g/mol. The number of ether oxygens (including phenoxy) is 1. The van der Waals surface area contributed by atoms with E-state index in [-0.39, 0.29) is 18.5 Å². The summed E-state index contributed by atoms with van der Waals surface area (Å²) in [4.78, 5) is 24.5. The van der Waals surface area contributed by atoms with Gasteiger partial charge >= 0.3 is 5.97 Å². The SMILES string of the molecule is CCCCCCCCCCCCCCCCC(=O)OCCCCCCCCCCCCCCCCCCCCCCCCCCCCCCC(=O)NC(CO)C(O)CCCCCCCCCCC. The molecule has 0 aromatic rings. The highest BCUT2D eigenvalue weighted by atomic mass is 16.5. The number of amides is 1. The van der Waals surface area contributed by atoms with Gasteiger partial charge in [0.2, 0.25) is 5.91 Å². The molecule has 0 aromatic heterocycles. The van der Waals surface area contributed by atoms with E-state index in [9.17, 15) is 19.8 Å². The second-order valence-corrected chi connectivity index (χ2v) is 21.8. The van der Waals surface area contributed by atoms with Crippen LogP contribution in [0.4, 0.5) is 0 Å². The van der Waals surface area contributed by atoms with Crippen molar-refractivity contribution in [1.82, 2.24) is 5.32 Å². The lowest BCUT2D eigenvalue weighted by Gasteiger charge is -2.22. The van der Waals surface area contributed by atoms with Gasteiger partial charge in [0.1, 0.15) is 0 Å². The molecule has 0 aliphatic heterocycles. The number of nitrogens with one attached hydrogen (secondary N) is 1. The topological polar surface area (TPSA) is 95.9 Å². The molecule has 0 spiro atoms. The van der Waals surface area contributed by atoms with Crippen LogP contribution >= 0.6 is 0 Å². The monoisotopic (exact) mass is 962 g/mol. The van der Waals surface area contributed by atoms with Gasteiger partial charge in [0, 0.05) is 12.8 Å². The van der Waals surface area contributed by atoms with Crippen LogP contribution in [0.15, 0.2) is 0 Å². The minimum atomic E-state index is -0.658. The van der Waals surface area contributed by atoms with Crippen LogP contribution in [0, 0.1) is 0 Å². The molecule has 0 saturated heterocycles. The molecule has 0 fully saturated rings. The second-order valence-electron chi connectivity index (χ2n) is 21.8. The van der Waals surface area contributed by atoms with Gasteiger partial charge in [-0.3, -0.25) is 9.59 Å². The van der Waals surface area contributed by atoms with E-state index in [0.29, 0.717) is 25.9 Å². The van der Waals surface area contributed by atoms with E-state index >= 15 is 0 Å². The lowest BCUT2D eigenvalue weighted by atomic mass is 10.0. The molecule has 2 unspecified atom stereocenters. The van der Waals surface area contributed by atoms with Crippen molar-refractivity contribution in [3.8, 4) is 0 Å². The molecule has 406 valence electrons. The Morgan fingerprint density at radius 1 is 0.353 bits per heavy atom. The van der Waals surface area contributed by atoms with Crippen LogP contribution in [0.5, 0.6) is 0 Å². The van der Waals surface area contributed by atoms with E-state index in [2.05, 4.69) is 19.2 Å². The molecule has 1 amide bonds. The molecule has 0 heterocycles. The van der Waals surface area contributed by atoms with Crippen molar-refractivity contribution in [2.75, 3.05) is 13.2 Å². The minimum Gasteiger partial charge on any atom is -0.466 e. The molecule has 68 heavy (non-hydrogen) atoms. The largest absolute Gasteiger partial charge is 0.466 e. The van der Waals surface area contributed by atoms with Crippen LogP contribution in [0.25, 0.3) is 0 Å². The van der Waals surface area contributed by atoms with Crippen LogP contribution in [0.2, 0.25) is 0 Å². The van der Waals surface area contributed by atoms with Crippen molar-refractivity contribution < 1.29 is 24.5 Å². The predicted molar refractivity (Wildman–Crippen MR) is 297 cm³/mol. The molecular weight excluding hydrogens is 839 g/mol. The first-order valence-electron chi connectivity index (χ1n) is 31.3.